The molecule has 0 aromatic carbocycles. The van der Waals surface area contributed by atoms with Crippen LogP contribution in [0.4, 0.5) is 4.79 Å². The minimum Gasteiger partial charge on any atom is -0.444 e. The molecule has 0 saturated carbocycles. The van der Waals surface area contributed by atoms with Crippen LogP contribution in [0.15, 0.2) is 0 Å². The Bertz CT molecular complexity index is 404. The standard InChI is InChI=1S/C13H26N2O6Si/c1-13(2,3)21-12(17)15-8-4-6-10(15)11(16)14-7-5-9-22(18,19)20/h10,18-20H,4-9H2,1-3H3,(H,14,16)/t10-/m0/s1. The average molecular weight is 334 g/mol. The number of hydrogen-bond donors (Lipinski definition) is 4. The van der Waals surface area contributed by atoms with Crippen LogP contribution in [0.5, 0.6) is 0 Å². The van der Waals surface area contributed by atoms with Crippen molar-refractivity contribution >= 4 is 20.8 Å². The van der Waals surface area contributed by atoms with Crippen molar-refractivity contribution in [3.63, 3.8) is 0 Å². The van der Waals surface area contributed by atoms with Gasteiger partial charge in [0, 0.05) is 19.1 Å². The molecular formula is C13H26N2O6Si. The lowest BCUT2D eigenvalue weighted by atomic mass is 10.2. The van der Waals surface area contributed by atoms with Crippen LogP contribution in [0.2, 0.25) is 6.04 Å². The molecule has 1 saturated heterocycles. The molecule has 1 fully saturated rings. The van der Waals surface area contributed by atoms with Crippen molar-refractivity contribution in [3.05, 3.63) is 0 Å². The Kier molecular flexibility index (Phi) is 6.35. The SMILES string of the molecule is CC(C)(C)OC(=O)N1CCC[C@H]1C(=O)NCCC[Si](O)(O)O. The van der Waals surface area contributed by atoms with Crippen molar-refractivity contribution < 1.29 is 28.7 Å². The van der Waals surface area contributed by atoms with E-state index in [0.717, 1.165) is 6.42 Å². The first-order chi connectivity index (χ1) is 9.99. The number of likely N-dealkylation sites (tertiary alicyclic amines) is 1. The summed E-state index contributed by atoms with van der Waals surface area (Å²) in [5.41, 5.74) is -0.613. The van der Waals surface area contributed by atoms with Crippen LogP contribution >= 0.6 is 0 Å². The van der Waals surface area contributed by atoms with Gasteiger partial charge < -0.3 is 24.4 Å². The van der Waals surface area contributed by atoms with E-state index in [4.69, 9.17) is 19.1 Å². The molecule has 0 radical (unpaired) electrons. The first-order valence-corrected chi connectivity index (χ1v) is 9.49. The van der Waals surface area contributed by atoms with Crippen molar-refractivity contribution in [2.24, 2.45) is 0 Å². The van der Waals surface area contributed by atoms with Gasteiger partial charge >= 0.3 is 14.9 Å². The average Bonchev–Trinajstić information content (AvgIpc) is 2.80. The van der Waals surface area contributed by atoms with Gasteiger partial charge in [-0.25, -0.2) is 4.79 Å². The van der Waals surface area contributed by atoms with Gasteiger partial charge in [0.2, 0.25) is 5.91 Å². The molecule has 4 N–H and O–H groups in total. The van der Waals surface area contributed by atoms with Crippen LogP contribution < -0.4 is 5.32 Å². The maximum absolute atomic E-state index is 12.1. The summed E-state index contributed by atoms with van der Waals surface area (Å²) in [6.07, 6.45) is 1.07. The highest BCUT2D eigenvalue weighted by Crippen LogP contribution is 2.21. The monoisotopic (exact) mass is 334 g/mol. The van der Waals surface area contributed by atoms with Crippen molar-refractivity contribution in [3.8, 4) is 0 Å². The Hall–Kier alpha value is -1.16. The van der Waals surface area contributed by atoms with Crippen LogP contribution in [-0.4, -0.2) is 64.8 Å². The van der Waals surface area contributed by atoms with Crippen LogP contribution in [-0.2, 0) is 9.53 Å². The third kappa shape index (κ3) is 6.73. The predicted molar refractivity (Wildman–Crippen MR) is 80.8 cm³/mol. The van der Waals surface area contributed by atoms with Crippen LogP contribution in [0.1, 0.15) is 40.0 Å². The third-order valence-electron chi connectivity index (χ3n) is 3.17. The lowest BCUT2D eigenvalue weighted by Crippen LogP contribution is -2.48. The molecule has 1 atom stereocenters. The van der Waals surface area contributed by atoms with Gasteiger partial charge in [0.15, 0.2) is 0 Å². The van der Waals surface area contributed by atoms with E-state index in [1.54, 1.807) is 20.8 Å². The zero-order valence-electron chi connectivity index (χ0n) is 13.3. The molecule has 0 aromatic rings. The van der Waals surface area contributed by atoms with E-state index in [9.17, 15) is 9.59 Å². The summed E-state index contributed by atoms with van der Waals surface area (Å²) >= 11 is 0. The second kappa shape index (κ2) is 7.40. The van der Waals surface area contributed by atoms with Crippen molar-refractivity contribution in [1.29, 1.82) is 0 Å². The number of nitrogens with zero attached hydrogens (tertiary/aromatic N) is 1. The third-order valence-corrected chi connectivity index (χ3v) is 4.20. The van der Waals surface area contributed by atoms with Crippen molar-refractivity contribution in [2.75, 3.05) is 13.1 Å². The Morgan fingerprint density at radius 2 is 1.95 bits per heavy atom. The van der Waals surface area contributed by atoms with Gasteiger partial charge in [0.05, 0.1) is 0 Å². The number of amides is 2. The fourth-order valence-corrected chi connectivity index (χ4v) is 2.88. The zero-order chi connectivity index (χ0) is 17.0. The zero-order valence-corrected chi connectivity index (χ0v) is 14.3. The molecule has 0 spiro atoms. The summed E-state index contributed by atoms with van der Waals surface area (Å²) in [4.78, 5) is 52.3. The highest BCUT2D eigenvalue weighted by molar-refractivity contribution is 6.56. The summed E-state index contributed by atoms with van der Waals surface area (Å²) in [5.74, 6) is -0.288. The van der Waals surface area contributed by atoms with Crippen LogP contribution in [0, 0.1) is 0 Å². The molecule has 0 bridgehead atoms. The molecule has 9 heteroatoms. The van der Waals surface area contributed by atoms with Crippen LogP contribution in [0.3, 0.4) is 0 Å². The van der Waals surface area contributed by atoms with Gasteiger partial charge in [-0.2, -0.15) is 0 Å². The highest BCUT2D eigenvalue weighted by Gasteiger charge is 2.36. The first-order valence-electron chi connectivity index (χ1n) is 7.44. The molecule has 1 heterocycles. The van der Waals surface area contributed by atoms with Gasteiger partial charge in [-0.15, -0.1) is 0 Å². The van der Waals surface area contributed by atoms with Gasteiger partial charge in [-0.05, 0) is 40.0 Å². The molecule has 0 unspecified atom stereocenters. The number of nitrogens with one attached hydrogen (secondary N) is 1. The summed E-state index contributed by atoms with van der Waals surface area (Å²) in [6.45, 7) is 6.00. The topological polar surface area (TPSA) is 119 Å². The Morgan fingerprint density at radius 1 is 1.32 bits per heavy atom. The van der Waals surface area contributed by atoms with E-state index in [2.05, 4.69) is 5.32 Å². The van der Waals surface area contributed by atoms with Gasteiger partial charge in [-0.1, -0.05) is 0 Å². The van der Waals surface area contributed by atoms with E-state index in [1.165, 1.54) is 4.90 Å². The normalized spacial score (nSPS) is 19.2. The molecule has 0 aliphatic carbocycles. The minimum absolute atomic E-state index is 0.131. The maximum atomic E-state index is 12.1. The lowest BCUT2D eigenvalue weighted by Gasteiger charge is -2.28. The molecule has 1 rings (SSSR count). The van der Waals surface area contributed by atoms with E-state index in [-0.39, 0.29) is 24.9 Å². The number of rotatable bonds is 5. The second-order valence-electron chi connectivity index (χ2n) is 6.50. The van der Waals surface area contributed by atoms with Gasteiger partial charge in [0.25, 0.3) is 0 Å². The highest BCUT2D eigenvalue weighted by atomic mass is 28.4. The maximum Gasteiger partial charge on any atom is 0.492 e. The smallest absolute Gasteiger partial charge is 0.444 e. The van der Waals surface area contributed by atoms with Gasteiger partial charge in [-0.3, -0.25) is 9.69 Å². The summed E-state index contributed by atoms with van der Waals surface area (Å²) in [5, 5.41) is 2.65. The molecule has 2 amide bonds. The molecule has 22 heavy (non-hydrogen) atoms. The van der Waals surface area contributed by atoms with E-state index < -0.39 is 26.5 Å². The fraction of sp³-hybridized carbons (Fsp3) is 0.846. The number of hydrogen-bond acceptors (Lipinski definition) is 6. The van der Waals surface area contributed by atoms with Crippen molar-refractivity contribution in [2.45, 2.75) is 57.7 Å². The largest absolute Gasteiger partial charge is 0.492 e. The van der Waals surface area contributed by atoms with E-state index >= 15 is 0 Å². The molecule has 128 valence electrons. The Labute approximate surface area is 131 Å². The number of ether oxygens (including phenoxy) is 1. The summed E-state index contributed by atoms with van der Waals surface area (Å²) in [7, 11) is -4.05. The van der Waals surface area contributed by atoms with Crippen molar-refractivity contribution in [1.82, 2.24) is 10.2 Å². The van der Waals surface area contributed by atoms with E-state index in [0.29, 0.717) is 13.0 Å². The van der Waals surface area contributed by atoms with E-state index in [1.807, 2.05) is 0 Å². The molecule has 1 aliphatic rings. The predicted octanol–water partition coefficient (Wildman–Crippen LogP) is -0.192. The Morgan fingerprint density at radius 3 is 2.50 bits per heavy atom. The molecule has 0 aromatic heterocycles. The van der Waals surface area contributed by atoms with Crippen LogP contribution in [0.25, 0.3) is 0 Å². The summed E-state index contributed by atoms with van der Waals surface area (Å²) < 4.78 is 5.29. The summed E-state index contributed by atoms with van der Waals surface area (Å²) in [6, 6.07) is -0.692. The molecule has 1 aliphatic heterocycles. The fourth-order valence-electron chi connectivity index (χ4n) is 2.23. The quantitative estimate of drug-likeness (QED) is 0.409. The minimum atomic E-state index is -4.05. The number of carbonyl (C=O) groups is 2. The second-order valence-corrected chi connectivity index (χ2v) is 8.55. The lowest BCUT2D eigenvalue weighted by molar-refractivity contribution is -0.125. The first kappa shape index (κ1) is 18.9. The molecular weight excluding hydrogens is 308 g/mol. The molecule has 8 nitrogen and oxygen atoms in total. The number of carbonyl (C=O) groups excluding carboxylic acids is 2. The van der Waals surface area contributed by atoms with Gasteiger partial charge in [0.1, 0.15) is 11.6 Å². The Balaban J connectivity index is 2.45.